The SMILES string of the molecule is CCCC#CC#C/C=C/COC(=O)C(C)C. The van der Waals surface area contributed by atoms with Gasteiger partial charge >= 0.3 is 5.97 Å². The molecule has 0 saturated carbocycles. The van der Waals surface area contributed by atoms with Crippen molar-refractivity contribution in [2.75, 3.05) is 6.61 Å². The molecule has 0 saturated heterocycles. The van der Waals surface area contributed by atoms with Gasteiger partial charge in [0.2, 0.25) is 0 Å². The molecule has 0 rings (SSSR count). The van der Waals surface area contributed by atoms with E-state index in [1.165, 1.54) is 0 Å². The summed E-state index contributed by atoms with van der Waals surface area (Å²) in [7, 11) is 0. The third kappa shape index (κ3) is 8.91. The highest BCUT2D eigenvalue weighted by molar-refractivity contribution is 5.71. The second-order valence-corrected chi connectivity index (χ2v) is 3.51. The Balaban J connectivity index is 3.71. The van der Waals surface area contributed by atoms with Gasteiger partial charge in [-0.2, -0.15) is 0 Å². The van der Waals surface area contributed by atoms with Crippen molar-refractivity contribution in [2.45, 2.75) is 33.6 Å². The Bertz CT molecular complexity index is 342. The van der Waals surface area contributed by atoms with E-state index < -0.39 is 0 Å². The minimum Gasteiger partial charge on any atom is -0.461 e. The summed E-state index contributed by atoms with van der Waals surface area (Å²) in [6, 6.07) is 0. The zero-order chi connectivity index (χ0) is 12.2. The third-order valence-corrected chi connectivity index (χ3v) is 1.59. The molecular formula is C14H18O2. The maximum Gasteiger partial charge on any atom is 0.308 e. The molecule has 0 aromatic carbocycles. The number of ether oxygens (including phenoxy) is 1. The van der Waals surface area contributed by atoms with Crippen molar-refractivity contribution in [3.8, 4) is 23.7 Å². The van der Waals surface area contributed by atoms with E-state index in [1.54, 1.807) is 26.0 Å². The average Bonchev–Trinajstić information content (AvgIpc) is 2.26. The number of carbonyl (C=O) groups is 1. The highest BCUT2D eigenvalue weighted by Crippen LogP contribution is 1.95. The molecule has 0 unspecified atom stereocenters. The van der Waals surface area contributed by atoms with Crippen LogP contribution in [0.25, 0.3) is 0 Å². The number of rotatable bonds is 4. The van der Waals surface area contributed by atoms with Crippen LogP contribution < -0.4 is 0 Å². The van der Waals surface area contributed by atoms with Crippen LogP contribution in [0.15, 0.2) is 12.2 Å². The molecule has 16 heavy (non-hydrogen) atoms. The van der Waals surface area contributed by atoms with E-state index in [4.69, 9.17) is 4.74 Å². The summed E-state index contributed by atoms with van der Waals surface area (Å²) in [6.45, 7) is 5.95. The van der Waals surface area contributed by atoms with Gasteiger partial charge in [0.05, 0.1) is 5.92 Å². The van der Waals surface area contributed by atoms with Crippen molar-refractivity contribution in [3.63, 3.8) is 0 Å². The van der Waals surface area contributed by atoms with Gasteiger partial charge in [-0.15, -0.1) is 0 Å². The number of esters is 1. The Hall–Kier alpha value is -1.67. The summed E-state index contributed by atoms with van der Waals surface area (Å²) < 4.78 is 4.92. The molecule has 86 valence electrons. The first kappa shape index (κ1) is 14.3. The highest BCUT2D eigenvalue weighted by Gasteiger charge is 2.05. The summed E-state index contributed by atoms with van der Waals surface area (Å²) in [5.74, 6) is 10.8. The largest absolute Gasteiger partial charge is 0.461 e. The lowest BCUT2D eigenvalue weighted by Crippen LogP contribution is -2.11. The molecule has 0 bridgehead atoms. The average molecular weight is 218 g/mol. The van der Waals surface area contributed by atoms with Gasteiger partial charge in [-0.25, -0.2) is 0 Å². The molecule has 0 radical (unpaired) electrons. The van der Waals surface area contributed by atoms with E-state index in [0.717, 1.165) is 12.8 Å². The summed E-state index contributed by atoms with van der Waals surface area (Å²) in [5.41, 5.74) is 0. The molecular weight excluding hydrogens is 200 g/mol. The Morgan fingerprint density at radius 2 is 2.12 bits per heavy atom. The van der Waals surface area contributed by atoms with E-state index >= 15 is 0 Å². The Morgan fingerprint density at radius 1 is 1.38 bits per heavy atom. The lowest BCUT2D eigenvalue weighted by atomic mass is 10.2. The summed E-state index contributed by atoms with van der Waals surface area (Å²) >= 11 is 0. The lowest BCUT2D eigenvalue weighted by molar-refractivity contribution is -0.146. The van der Waals surface area contributed by atoms with E-state index in [-0.39, 0.29) is 18.5 Å². The first-order valence-corrected chi connectivity index (χ1v) is 5.48. The second-order valence-electron chi connectivity index (χ2n) is 3.51. The summed E-state index contributed by atoms with van der Waals surface area (Å²) in [4.78, 5) is 11.0. The van der Waals surface area contributed by atoms with E-state index in [0.29, 0.717) is 0 Å². The van der Waals surface area contributed by atoms with Crippen molar-refractivity contribution in [2.24, 2.45) is 5.92 Å². The van der Waals surface area contributed by atoms with Gasteiger partial charge in [-0.3, -0.25) is 4.79 Å². The van der Waals surface area contributed by atoms with Gasteiger partial charge < -0.3 is 4.74 Å². The lowest BCUT2D eigenvalue weighted by Gasteiger charge is -2.02. The van der Waals surface area contributed by atoms with Crippen molar-refractivity contribution >= 4 is 5.97 Å². The number of hydrogen-bond acceptors (Lipinski definition) is 2. The van der Waals surface area contributed by atoms with Gasteiger partial charge in [0.15, 0.2) is 0 Å². The van der Waals surface area contributed by atoms with Gasteiger partial charge in [0.1, 0.15) is 6.61 Å². The van der Waals surface area contributed by atoms with E-state index in [9.17, 15) is 4.79 Å². The predicted octanol–water partition coefficient (Wildman–Crippen LogP) is 2.55. The quantitative estimate of drug-likeness (QED) is 0.535. The number of carbonyl (C=O) groups excluding carboxylic acids is 1. The highest BCUT2D eigenvalue weighted by atomic mass is 16.5. The molecule has 2 heteroatoms. The maximum atomic E-state index is 11.0. The Kier molecular flexibility index (Phi) is 8.84. The van der Waals surface area contributed by atoms with Crippen LogP contribution in [0.3, 0.4) is 0 Å². The molecule has 0 spiro atoms. The standard InChI is InChI=1S/C14H18O2/c1-4-5-6-7-8-9-10-11-12-16-14(15)13(2)3/h10-11,13H,4-5,12H2,1-3H3/b11-10+. The topological polar surface area (TPSA) is 26.3 Å². The molecule has 0 N–H and O–H groups in total. The predicted molar refractivity (Wildman–Crippen MR) is 65.4 cm³/mol. The normalized spacial score (nSPS) is 9.25. The minimum atomic E-state index is -0.194. The van der Waals surface area contributed by atoms with Crippen molar-refractivity contribution in [1.82, 2.24) is 0 Å². The summed E-state index contributed by atoms with van der Waals surface area (Å²) in [6.07, 6.45) is 5.28. The molecule has 0 aromatic rings. The molecule has 0 heterocycles. The van der Waals surface area contributed by atoms with Crippen LogP contribution in [-0.2, 0) is 9.53 Å². The molecule has 0 aromatic heterocycles. The van der Waals surface area contributed by atoms with E-state index in [2.05, 4.69) is 30.6 Å². The molecule has 0 amide bonds. The van der Waals surface area contributed by atoms with Gasteiger partial charge in [-0.05, 0) is 30.4 Å². The van der Waals surface area contributed by atoms with Gasteiger partial charge in [0, 0.05) is 6.42 Å². The zero-order valence-electron chi connectivity index (χ0n) is 10.2. The van der Waals surface area contributed by atoms with Crippen molar-refractivity contribution < 1.29 is 9.53 Å². The molecule has 0 aliphatic carbocycles. The number of allylic oxidation sites excluding steroid dienone is 1. The number of unbranched alkanes of at least 4 members (excludes halogenated alkanes) is 1. The zero-order valence-corrected chi connectivity index (χ0v) is 10.2. The monoisotopic (exact) mass is 218 g/mol. The molecule has 0 atom stereocenters. The number of hydrogen-bond donors (Lipinski definition) is 0. The Morgan fingerprint density at radius 3 is 2.75 bits per heavy atom. The summed E-state index contributed by atoms with van der Waals surface area (Å²) in [5, 5.41) is 0. The fourth-order valence-electron chi connectivity index (χ4n) is 0.713. The van der Waals surface area contributed by atoms with Crippen LogP contribution in [0.4, 0.5) is 0 Å². The first-order valence-electron chi connectivity index (χ1n) is 5.48. The second kappa shape index (κ2) is 9.87. The van der Waals surface area contributed by atoms with Crippen LogP contribution in [0.2, 0.25) is 0 Å². The van der Waals surface area contributed by atoms with Crippen LogP contribution in [0.5, 0.6) is 0 Å². The third-order valence-electron chi connectivity index (χ3n) is 1.59. The van der Waals surface area contributed by atoms with Crippen LogP contribution >= 0.6 is 0 Å². The van der Waals surface area contributed by atoms with Crippen molar-refractivity contribution in [3.05, 3.63) is 12.2 Å². The van der Waals surface area contributed by atoms with Crippen LogP contribution in [0.1, 0.15) is 33.6 Å². The fraction of sp³-hybridized carbons (Fsp3) is 0.500. The Labute approximate surface area is 98.1 Å². The van der Waals surface area contributed by atoms with Crippen molar-refractivity contribution in [1.29, 1.82) is 0 Å². The maximum absolute atomic E-state index is 11.0. The van der Waals surface area contributed by atoms with Crippen LogP contribution in [-0.4, -0.2) is 12.6 Å². The van der Waals surface area contributed by atoms with Crippen LogP contribution in [0, 0.1) is 29.6 Å². The first-order chi connectivity index (χ1) is 7.68. The molecule has 0 fully saturated rings. The molecule has 0 aliphatic rings. The fourth-order valence-corrected chi connectivity index (χ4v) is 0.713. The van der Waals surface area contributed by atoms with Gasteiger partial charge in [-0.1, -0.05) is 32.6 Å². The van der Waals surface area contributed by atoms with E-state index in [1.807, 2.05) is 0 Å². The smallest absolute Gasteiger partial charge is 0.308 e. The van der Waals surface area contributed by atoms with Gasteiger partial charge in [0.25, 0.3) is 0 Å². The molecule has 2 nitrogen and oxygen atoms in total. The molecule has 0 aliphatic heterocycles. The minimum absolute atomic E-state index is 0.0839.